The minimum atomic E-state index is -0.351. The topological polar surface area (TPSA) is 59.2 Å². The van der Waals surface area contributed by atoms with E-state index >= 15 is 0 Å². The molecule has 1 N–H and O–H groups in total. The van der Waals surface area contributed by atoms with Crippen LogP contribution < -0.4 is 0 Å². The van der Waals surface area contributed by atoms with Gasteiger partial charge in [0.1, 0.15) is 0 Å². The summed E-state index contributed by atoms with van der Waals surface area (Å²) in [5.74, 6) is 2.24. The standard InChI is InChI=1S/C16H20N2O2S/c1-2-21-12-9-7-11(8-10-12)15-17-16(20-18-15)13-5-3-4-6-14(13)19/h7-10,13-14,19H,2-6H2,1H3. The molecule has 1 aliphatic rings. The number of rotatable bonds is 4. The Morgan fingerprint density at radius 2 is 2.00 bits per heavy atom. The van der Waals surface area contributed by atoms with Gasteiger partial charge in [0.05, 0.1) is 12.0 Å². The van der Waals surface area contributed by atoms with E-state index in [0.29, 0.717) is 11.7 Å². The third-order valence-corrected chi connectivity index (χ3v) is 4.81. The molecule has 1 aromatic heterocycles. The van der Waals surface area contributed by atoms with Gasteiger partial charge in [0, 0.05) is 10.5 Å². The molecule has 1 saturated carbocycles. The predicted octanol–water partition coefficient (Wildman–Crippen LogP) is 3.87. The lowest BCUT2D eigenvalue weighted by Crippen LogP contribution is -2.22. The Bertz CT molecular complexity index is 582. The van der Waals surface area contributed by atoms with Crippen LogP contribution in [0.1, 0.15) is 44.4 Å². The quantitative estimate of drug-likeness (QED) is 0.869. The first-order valence-electron chi connectivity index (χ1n) is 7.53. The average Bonchev–Trinajstić information content (AvgIpc) is 2.98. The van der Waals surface area contributed by atoms with E-state index in [9.17, 15) is 5.11 Å². The fourth-order valence-electron chi connectivity index (χ4n) is 2.77. The molecule has 0 saturated heterocycles. The first-order valence-corrected chi connectivity index (χ1v) is 8.51. The van der Waals surface area contributed by atoms with Gasteiger partial charge in [-0.15, -0.1) is 11.8 Å². The van der Waals surface area contributed by atoms with E-state index in [1.54, 1.807) is 0 Å². The van der Waals surface area contributed by atoms with Crippen LogP contribution in [0.4, 0.5) is 0 Å². The molecule has 3 rings (SSSR count). The Labute approximate surface area is 129 Å². The summed E-state index contributed by atoms with van der Waals surface area (Å²) in [6, 6.07) is 8.19. The van der Waals surface area contributed by atoms with Crippen molar-refractivity contribution in [2.75, 3.05) is 5.75 Å². The van der Waals surface area contributed by atoms with Crippen molar-refractivity contribution in [2.24, 2.45) is 0 Å². The monoisotopic (exact) mass is 304 g/mol. The summed E-state index contributed by atoms with van der Waals surface area (Å²) in [4.78, 5) is 5.73. The molecular weight excluding hydrogens is 284 g/mol. The van der Waals surface area contributed by atoms with Crippen LogP contribution in [0, 0.1) is 0 Å². The molecule has 1 heterocycles. The fraction of sp³-hybridized carbons (Fsp3) is 0.500. The van der Waals surface area contributed by atoms with Gasteiger partial charge >= 0.3 is 0 Å². The molecule has 1 fully saturated rings. The van der Waals surface area contributed by atoms with E-state index in [1.807, 2.05) is 23.9 Å². The molecule has 2 atom stereocenters. The van der Waals surface area contributed by atoms with Crippen LogP contribution in [0.5, 0.6) is 0 Å². The Morgan fingerprint density at radius 1 is 1.24 bits per heavy atom. The van der Waals surface area contributed by atoms with E-state index in [-0.39, 0.29) is 12.0 Å². The van der Waals surface area contributed by atoms with Crippen molar-refractivity contribution in [1.82, 2.24) is 10.1 Å². The van der Waals surface area contributed by atoms with E-state index in [0.717, 1.165) is 37.0 Å². The summed E-state index contributed by atoms with van der Waals surface area (Å²) in [5, 5.41) is 14.1. The Balaban J connectivity index is 1.77. The average molecular weight is 304 g/mol. The Hall–Kier alpha value is -1.33. The maximum atomic E-state index is 10.1. The highest BCUT2D eigenvalue weighted by atomic mass is 32.2. The molecule has 0 radical (unpaired) electrons. The summed E-state index contributed by atoms with van der Waals surface area (Å²) < 4.78 is 5.38. The van der Waals surface area contributed by atoms with Crippen molar-refractivity contribution in [3.63, 3.8) is 0 Å². The lowest BCUT2D eigenvalue weighted by atomic mass is 9.86. The second-order valence-electron chi connectivity index (χ2n) is 5.37. The lowest BCUT2D eigenvalue weighted by molar-refractivity contribution is 0.0908. The molecule has 4 nitrogen and oxygen atoms in total. The summed E-state index contributed by atoms with van der Waals surface area (Å²) >= 11 is 1.81. The van der Waals surface area contributed by atoms with Gasteiger partial charge in [-0.2, -0.15) is 4.98 Å². The number of aliphatic hydroxyl groups is 1. The zero-order valence-electron chi connectivity index (χ0n) is 12.2. The molecule has 2 unspecified atom stereocenters. The molecule has 0 amide bonds. The van der Waals surface area contributed by atoms with Gasteiger partial charge in [-0.05, 0) is 42.9 Å². The maximum Gasteiger partial charge on any atom is 0.232 e. The highest BCUT2D eigenvalue weighted by Crippen LogP contribution is 2.33. The molecule has 1 aliphatic carbocycles. The van der Waals surface area contributed by atoms with Crippen molar-refractivity contribution in [1.29, 1.82) is 0 Å². The van der Waals surface area contributed by atoms with Crippen LogP contribution in [0.25, 0.3) is 11.4 Å². The predicted molar refractivity (Wildman–Crippen MR) is 83.3 cm³/mol. The fourth-order valence-corrected chi connectivity index (χ4v) is 3.43. The van der Waals surface area contributed by atoms with Crippen LogP contribution in [-0.4, -0.2) is 27.1 Å². The third kappa shape index (κ3) is 3.30. The van der Waals surface area contributed by atoms with Gasteiger partial charge in [-0.1, -0.05) is 24.9 Å². The van der Waals surface area contributed by atoms with E-state index in [4.69, 9.17) is 4.52 Å². The normalized spacial score (nSPS) is 22.4. The van der Waals surface area contributed by atoms with E-state index < -0.39 is 0 Å². The van der Waals surface area contributed by atoms with Crippen molar-refractivity contribution < 1.29 is 9.63 Å². The number of hydrogen-bond acceptors (Lipinski definition) is 5. The zero-order chi connectivity index (χ0) is 14.7. The molecule has 0 aliphatic heterocycles. The van der Waals surface area contributed by atoms with E-state index in [1.165, 1.54) is 4.90 Å². The molecule has 0 spiro atoms. The van der Waals surface area contributed by atoms with Crippen LogP contribution in [0.2, 0.25) is 0 Å². The van der Waals surface area contributed by atoms with Crippen LogP contribution >= 0.6 is 11.8 Å². The van der Waals surface area contributed by atoms with Crippen LogP contribution in [-0.2, 0) is 0 Å². The van der Waals surface area contributed by atoms with Crippen LogP contribution in [0.3, 0.4) is 0 Å². The third-order valence-electron chi connectivity index (χ3n) is 3.91. The number of aliphatic hydroxyl groups excluding tert-OH is 1. The minimum Gasteiger partial charge on any atom is -0.392 e. The number of benzene rings is 1. The molecule has 21 heavy (non-hydrogen) atoms. The molecule has 2 aromatic rings. The van der Waals surface area contributed by atoms with Gasteiger partial charge < -0.3 is 9.63 Å². The smallest absolute Gasteiger partial charge is 0.232 e. The van der Waals surface area contributed by atoms with Crippen molar-refractivity contribution >= 4 is 11.8 Å². The minimum absolute atomic E-state index is 0.00470. The summed E-state index contributed by atoms with van der Waals surface area (Å²) in [7, 11) is 0. The van der Waals surface area contributed by atoms with Crippen LogP contribution in [0.15, 0.2) is 33.7 Å². The number of nitrogens with zero attached hydrogens (tertiary/aromatic N) is 2. The molecule has 5 heteroatoms. The molecule has 112 valence electrons. The second kappa shape index (κ2) is 6.62. The number of hydrogen-bond donors (Lipinski definition) is 1. The summed E-state index contributed by atoms with van der Waals surface area (Å²) in [5.41, 5.74) is 0.954. The van der Waals surface area contributed by atoms with Gasteiger partial charge in [0.15, 0.2) is 0 Å². The zero-order valence-corrected chi connectivity index (χ0v) is 13.0. The number of thioether (sulfide) groups is 1. The number of aromatic nitrogens is 2. The van der Waals surface area contributed by atoms with Crippen molar-refractivity contribution in [3.8, 4) is 11.4 Å². The second-order valence-corrected chi connectivity index (χ2v) is 6.71. The first kappa shape index (κ1) is 14.6. The maximum absolute atomic E-state index is 10.1. The summed E-state index contributed by atoms with van der Waals surface area (Å²) in [6.45, 7) is 2.14. The van der Waals surface area contributed by atoms with Crippen molar-refractivity contribution in [2.45, 2.75) is 49.5 Å². The first-order chi connectivity index (χ1) is 10.3. The molecule has 1 aromatic carbocycles. The Morgan fingerprint density at radius 3 is 2.71 bits per heavy atom. The molecular formula is C16H20N2O2S. The molecule has 0 bridgehead atoms. The van der Waals surface area contributed by atoms with Gasteiger partial charge in [-0.25, -0.2) is 0 Å². The Kier molecular flexibility index (Phi) is 4.60. The van der Waals surface area contributed by atoms with Crippen molar-refractivity contribution in [3.05, 3.63) is 30.2 Å². The summed E-state index contributed by atoms with van der Waals surface area (Å²) in [6.07, 6.45) is 3.59. The van der Waals surface area contributed by atoms with Gasteiger partial charge in [0.25, 0.3) is 0 Å². The van der Waals surface area contributed by atoms with E-state index in [2.05, 4.69) is 29.2 Å². The van der Waals surface area contributed by atoms with Gasteiger partial charge in [0.2, 0.25) is 11.7 Å². The lowest BCUT2D eigenvalue weighted by Gasteiger charge is -2.24. The van der Waals surface area contributed by atoms with Gasteiger partial charge in [-0.3, -0.25) is 0 Å². The SMILES string of the molecule is CCSc1ccc(-c2noc(C3CCCCC3O)n2)cc1. The largest absolute Gasteiger partial charge is 0.392 e. The highest BCUT2D eigenvalue weighted by molar-refractivity contribution is 7.99. The highest BCUT2D eigenvalue weighted by Gasteiger charge is 2.29.